The monoisotopic (exact) mass is 452 g/mol. The average Bonchev–Trinajstić information content (AvgIpc) is 3.41. The van der Waals surface area contributed by atoms with Crippen molar-refractivity contribution in [2.45, 2.75) is 43.4 Å². The van der Waals surface area contributed by atoms with Crippen LogP contribution in [0.5, 0.6) is 0 Å². The van der Waals surface area contributed by atoms with Crippen molar-refractivity contribution in [2.24, 2.45) is 5.73 Å². The van der Waals surface area contributed by atoms with Gasteiger partial charge in [-0.3, -0.25) is 24.4 Å². The molecule has 0 radical (unpaired) electrons. The summed E-state index contributed by atoms with van der Waals surface area (Å²) in [6.07, 6.45) is 1.41. The fraction of sp³-hybridized carbons (Fsp3) is 0.391. The second kappa shape index (κ2) is 7.82. The van der Waals surface area contributed by atoms with Crippen LogP contribution in [0, 0.1) is 10.1 Å². The van der Waals surface area contributed by atoms with E-state index in [2.05, 4.69) is 0 Å². The number of aliphatic hydroxyl groups excluding tert-OH is 1. The van der Waals surface area contributed by atoms with Gasteiger partial charge in [0.1, 0.15) is 0 Å². The van der Waals surface area contributed by atoms with Crippen LogP contribution < -0.4 is 11.5 Å². The molecule has 0 bridgehead atoms. The Morgan fingerprint density at radius 3 is 2.73 bits per heavy atom. The lowest BCUT2D eigenvalue weighted by Crippen LogP contribution is -2.33. The third-order valence-corrected chi connectivity index (χ3v) is 6.90. The minimum atomic E-state index is -0.704. The third-order valence-electron chi connectivity index (χ3n) is 6.90. The fourth-order valence-electron chi connectivity index (χ4n) is 4.84. The normalized spacial score (nSPS) is 20.7. The number of nitrogens with two attached hydrogens (primary N) is 1. The Morgan fingerprint density at radius 1 is 1.30 bits per heavy atom. The number of amides is 1. The lowest BCUT2D eigenvalue weighted by atomic mass is 9.95. The maximum absolute atomic E-state index is 12.8. The van der Waals surface area contributed by atoms with E-state index in [-0.39, 0.29) is 18.1 Å². The van der Waals surface area contributed by atoms with E-state index in [1.54, 1.807) is 30.3 Å². The summed E-state index contributed by atoms with van der Waals surface area (Å²) in [5.74, 6) is -0.944. The van der Waals surface area contributed by atoms with Gasteiger partial charge in [-0.2, -0.15) is 0 Å². The van der Waals surface area contributed by atoms with Crippen LogP contribution >= 0.6 is 0 Å². The molecule has 33 heavy (non-hydrogen) atoms. The first-order valence-electron chi connectivity index (χ1n) is 10.9. The van der Waals surface area contributed by atoms with E-state index >= 15 is 0 Å². The van der Waals surface area contributed by atoms with E-state index in [0.29, 0.717) is 49.0 Å². The Bertz CT molecular complexity index is 1310. The minimum Gasteiger partial charge on any atom is -0.408 e. The quantitative estimate of drug-likeness (QED) is 0.411. The number of oxazole rings is 1. The van der Waals surface area contributed by atoms with Gasteiger partial charge in [-0.25, -0.2) is 4.79 Å². The minimum absolute atomic E-state index is 0.0407. The van der Waals surface area contributed by atoms with Gasteiger partial charge >= 0.3 is 5.76 Å². The van der Waals surface area contributed by atoms with Crippen LogP contribution in [0.3, 0.4) is 0 Å². The molecule has 172 valence electrons. The predicted octanol–water partition coefficient (Wildman–Crippen LogP) is 1.83. The van der Waals surface area contributed by atoms with Crippen molar-refractivity contribution >= 4 is 22.7 Å². The van der Waals surface area contributed by atoms with Crippen molar-refractivity contribution in [3.8, 4) is 0 Å². The predicted molar refractivity (Wildman–Crippen MR) is 119 cm³/mol. The summed E-state index contributed by atoms with van der Waals surface area (Å²) in [5.41, 5.74) is 7.24. The molecule has 1 saturated carbocycles. The summed E-state index contributed by atoms with van der Waals surface area (Å²) in [6.45, 7) is 1.16. The smallest absolute Gasteiger partial charge is 0.408 e. The summed E-state index contributed by atoms with van der Waals surface area (Å²) < 4.78 is 6.94. The molecule has 2 aliphatic rings. The summed E-state index contributed by atoms with van der Waals surface area (Å²) in [7, 11) is 0. The zero-order valence-corrected chi connectivity index (χ0v) is 17.8. The van der Waals surface area contributed by atoms with E-state index in [1.165, 1.54) is 16.7 Å². The molecule has 5 rings (SSSR count). The molecule has 2 atom stereocenters. The molecule has 0 unspecified atom stereocenters. The third kappa shape index (κ3) is 3.70. The highest BCUT2D eigenvalue weighted by Gasteiger charge is 2.50. The van der Waals surface area contributed by atoms with Crippen molar-refractivity contribution in [3.63, 3.8) is 0 Å². The molecule has 2 fully saturated rings. The number of nitro groups is 1. The average molecular weight is 452 g/mol. The SMILES string of the molecule is NC(=O)C1(c2ccc3oc(=O)n(C[C@@H](c4cccc([N+](=O)[O-])c4)N4CC[C@H](O)C4)c3c2)CC1. The molecule has 0 spiro atoms. The number of nitro benzene ring substituents is 1. The molecular formula is C23H24N4O6. The molecular weight excluding hydrogens is 428 g/mol. The van der Waals surface area contributed by atoms with Crippen molar-refractivity contribution in [1.29, 1.82) is 0 Å². The number of nitrogens with zero attached hydrogens (tertiary/aromatic N) is 3. The van der Waals surface area contributed by atoms with Crippen molar-refractivity contribution in [3.05, 3.63) is 74.3 Å². The van der Waals surface area contributed by atoms with Gasteiger partial charge < -0.3 is 15.3 Å². The highest BCUT2D eigenvalue weighted by molar-refractivity contribution is 5.91. The molecule has 1 aliphatic carbocycles. The van der Waals surface area contributed by atoms with E-state index in [0.717, 1.165) is 5.56 Å². The van der Waals surface area contributed by atoms with Crippen LogP contribution in [0.15, 0.2) is 51.7 Å². The van der Waals surface area contributed by atoms with Gasteiger partial charge in [0.15, 0.2) is 5.58 Å². The number of rotatable bonds is 7. The lowest BCUT2D eigenvalue weighted by molar-refractivity contribution is -0.385. The molecule has 1 aliphatic heterocycles. The Kier molecular flexibility index (Phi) is 5.06. The number of non-ortho nitro benzene ring substituents is 1. The number of hydrogen-bond acceptors (Lipinski definition) is 7. The molecule has 1 saturated heterocycles. The summed E-state index contributed by atoms with van der Waals surface area (Å²) in [4.78, 5) is 37.7. The lowest BCUT2D eigenvalue weighted by Gasteiger charge is -2.28. The molecule has 3 aromatic rings. The Morgan fingerprint density at radius 2 is 2.09 bits per heavy atom. The van der Waals surface area contributed by atoms with Crippen LogP contribution in [0.4, 0.5) is 5.69 Å². The van der Waals surface area contributed by atoms with Gasteiger partial charge in [-0.1, -0.05) is 18.2 Å². The molecule has 10 nitrogen and oxygen atoms in total. The largest absolute Gasteiger partial charge is 0.420 e. The summed E-state index contributed by atoms with van der Waals surface area (Å²) in [6, 6.07) is 11.1. The van der Waals surface area contributed by atoms with Gasteiger partial charge in [0, 0.05) is 31.8 Å². The number of hydrogen-bond donors (Lipinski definition) is 2. The molecule has 10 heteroatoms. The number of aliphatic hydroxyl groups is 1. The highest BCUT2D eigenvalue weighted by atomic mass is 16.6. The number of primary amides is 1. The number of likely N-dealkylation sites (tertiary alicyclic amines) is 1. The van der Waals surface area contributed by atoms with Gasteiger partial charge in [0.25, 0.3) is 5.69 Å². The van der Waals surface area contributed by atoms with Crippen molar-refractivity contribution < 1.29 is 19.2 Å². The molecule has 2 heterocycles. The molecule has 2 aromatic carbocycles. The first-order chi connectivity index (χ1) is 15.8. The number of aromatic nitrogens is 1. The number of β-amino-alcohol motifs (C(OH)–C–C–N with tert-alkyl or cyclic N) is 1. The first-order valence-corrected chi connectivity index (χ1v) is 10.9. The summed E-state index contributed by atoms with van der Waals surface area (Å²) in [5, 5.41) is 21.4. The first kappa shape index (κ1) is 21.4. The number of benzene rings is 2. The van der Waals surface area contributed by atoms with E-state index in [4.69, 9.17) is 10.2 Å². The van der Waals surface area contributed by atoms with Gasteiger partial charge in [0.05, 0.1) is 28.0 Å². The Balaban J connectivity index is 1.58. The highest BCUT2D eigenvalue weighted by Crippen LogP contribution is 2.48. The maximum Gasteiger partial charge on any atom is 0.420 e. The zero-order valence-electron chi connectivity index (χ0n) is 17.8. The number of carbonyl (C=O) groups is 1. The maximum atomic E-state index is 12.8. The van der Waals surface area contributed by atoms with Gasteiger partial charge in [-0.05, 0) is 42.5 Å². The fourth-order valence-corrected chi connectivity index (χ4v) is 4.84. The van der Waals surface area contributed by atoms with Crippen molar-refractivity contribution in [2.75, 3.05) is 13.1 Å². The van der Waals surface area contributed by atoms with Crippen LogP contribution in [-0.2, 0) is 16.8 Å². The van der Waals surface area contributed by atoms with Gasteiger partial charge in [0.2, 0.25) is 5.91 Å². The van der Waals surface area contributed by atoms with E-state index in [9.17, 15) is 24.8 Å². The number of carbonyl (C=O) groups excluding carboxylic acids is 1. The van der Waals surface area contributed by atoms with E-state index < -0.39 is 28.2 Å². The van der Waals surface area contributed by atoms with Gasteiger partial charge in [-0.15, -0.1) is 0 Å². The van der Waals surface area contributed by atoms with Crippen molar-refractivity contribution in [1.82, 2.24) is 9.47 Å². The molecule has 1 aromatic heterocycles. The van der Waals surface area contributed by atoms with Crippen LogP contribution in [0.2, 0.25) is 0 Å². The molecule has 3 N–H and O–H groups in total. The zero-order chi connectivity index (χ0) is 23.3. The Labute approximate surface area is 188 Å². The number of fused-ring (bicyclic) bond motifs is 1. The standard InChI is InChI=1S/C23H24N4O6/c24-21(29)23(7-8-23)15-4-5-20-18(11-15)26(22(30)33-20)13-19(25-9-6-17(28)12-25)14-2-1-3-16(10-14)27(31)32/h1-5,10-11,17,19,28H,6-9,12-13H2,(H2,24,29)/t17-,19-/m0/s1. The van der Waals surface area contributed by atoms with Crippen LogP contribution in [-0.4, -0.2) is 44.6 Å². The van der Waals surface area contributed by atoms with Crippen LogP contribution in [0.25, 0.3) is 11.1 Å². The second-order valence-electron chi connectivity index (χ2n) is 8.91. The topological polar surface area (TPSA) is 145 Å². The van der Waals surface area contributed by atoms with Crippen LogP contribution in [0.1, 0.15) is 36.4 Å². The van der Waals surface area contributed by atoms with E-state index in [1.807, 2.05) is 4.90 Å². The Hall–Kier alpha value is -3.50. The second-order valence-corrected chi connectivity index (χ2v) is 8.91. The molecule has 1 amide bonds. The summed E-state index contributed by atoms with van der Waals surface area (Å²) >= 11 is 0.